The van der Waals surface area contributed by atoms with Crippen LogP contribution in [0.4, 0.5) is 0 Å². The first-order valence-electron chi connectivity index (χ1n) is 3.57. The molecule has 2 N–H and O–H groups in total. The molecule has 15 heavy (non-hydrogen) atoms. The second kappa shape index (κ2) is 3.52. The average Bonchev–Trinajstić information content (AvgIpc) is 1.99. The molecular weight excluding hydrogens is 246 g/mol. The van der Waals surface area contributed by atoms with Gasteiger partial charge in [-0.3, -0.25) is 9.11 Å². The van der Waals surface area contributed by atoms with Gasteiger partial charge in [0.1, 0.15) is 7.05 Å². The minimum absolute atomic E-state index is 0.461. The molecule has 0 unspecified atom stereocenters. The van der Waals surface area contributed by atoms with E-state index in [1.54, 1.807) is 0 Å². The zero-order valence-electron chi connectivity index (χ0n) is 7.52. The molecule has 0 amide bonds. The lowest BCUT2D eigenvalue weighted by Gasteiger charge is -1.98. The van der Waals surface area contributed by atoms with Crippen LogP contribution >= 0.6 is 0 Å². The molecule has 0 aliphatic carbocycles. The summed E-state index contributed by atoms with van der Waals surface area (Å²) in [6.07, 6.45) is 0.873. The van der Waals surface area contributed by atoms with E-state index in [0.29, 0.717) is 0 Å². The highest BCUT2D eigenvalue weighted by molar-refractivity contribution is 7.86. The maximum atomic E-state index is 10.7. The van der Waals surface area contributed by atoms with Crippen molar-refractivity contribution in [1.29, 1.82) is 0 Å². The maximum absolute atomic E-state index is 10.7. The van der Waals surface area contributed by atoms with Crippen LogP contribution in [0.25, 0.3) is 0 Å². The Bertz CT molecular complexity index is 588. The SMILES string of the molecule is C[n+]1cc(S(=O)(=O)O)ccc1S(=O)(=O)O. The third-order valence-corrected chi connectivity index (χ3v) is 3.41. The molecule has 0 aromatic carbocycles. The van der Waals surface area contributed by atoms with Gasteiger partial charge in [-0.25, -0.2) is 0 Å². The van der Waals surface area contributed by atoms with Gasteiger partial charge in [-0.05, 0) is 6.07 Å². The van der Waals surface area contributed by atoms with Gasteiger partial charge in [-0.1, -0.05) is 0 Å². The van der Waals surface area contributed by atoms with E-state index in [1.807, 2.05) is 0 Å². The molecule has 0 aliphatic rings. The highest BCUT2D eigenvalue weighted by atomic mass is 32.2. The molecule has 0 aliphatic heterocycles. The van der Waals surface area contributed by atoms with Gasteiger partial charge in [-0.15, -0.1) is 0 Å². The van der Waals surface area contributed by atoms with Crippen LogP contribution in [-0.2, 0) is 27.3 Å². The lowest BCUT2D eigenvalue weighted by Crippen LogP contribution is -2.35. The molecule has 1 aromatic heterocycles. The van der Waals surface area contributed by atoms with Gasteiger partial charge >= 0.3 is 15.1 Å². The fraction of sp³-hybridized carbons (Fsp3) is 0.167. The highest BCUT2D eigenvalue weighted by Gasteiger charge is 2.24. The van der Waals surface area contributed by atoms with Gasteiger partial charge < -0.3 is 0 Å². The molecule has 7 nitrogen and oxygen atoms in total. The molecule has 0 saturated heterocycles. The van der Waals surface area contributed by atoms with Crippen LogP contribution < -0.4 is 4.57 Å². The van der Waals surface area contributed by atoms with Crippen molar-refractivity contribution in [2.45, 2.75) is 9.92 Å². The van der Waals surface area contributed by atoms with Crippen molar-refractivity contribution in [3.63, 3.8) is 0 Å². The summed E-state index contributed by atoms with van der Waals surface area (Å²) in [5, 5.41) is -0.477. The van der Waals surface area contributed by atoms with E-state index in [0.717, 1.165) is 22.9 Å². The number of hydrogen-bond donors (Lipinski definition) is 2. The maximum Gasteiger partial charge on any atom is 0.355 e. The summed E-state index contributed by atoms with van der Waals surface area (Å²) in [4.78, 5) is -0.461. The van der Waals surface area contributed by atoms with Gasteiger partial charge in [0.15, 0.2) is 11.1 Å². The van der Waals surface area contributed by atoms with Crippen LogP contribution in [0.5, 0.6) is 0 Å². The van der Waals surface area contributed by atoms with Gasteiger partial charge in [0.2, 0.25) is 0 Å². The van der Waals surface area contributed by atoms with Crippen LogP contribution in [0.2, 0.25) is 0 Å². The summed E-state index contributed by atoms with van der Waals surface area (Å²) < 4.78 is 61.1. The zero-order chi connectivity index (χ0) is 11.9. The molecule has 0 fully saturated rings. The molecule has 0 radical (unpaired) electrons. The number of nitrogens with zero attached hydrogens (tertiary/aromatic N) is 1. The lowest BCUT2D eigenvalue weighted by atomic mass is 10.5. The summed E-state index contributed by atoms with van der Waals surface area (Å²) >= 11 is 0. The van der Waals surface area contributed by atoms with Gasteiger partial charge in [0.25, 0.3) is 10.1 Å². The summed E-state index contributed by atoms with van der Waals surface area (Å²) in [5.41, 5.74) is 0. The van der Waals surface area contributed by atoms with Crippen LogP contribution in [0.15, 0.2) is 28.3 Å². The summed E-state index contributed by atoms with van der Waals surface area (Å²) in [7, 11) is -7.57. The molecule has 0 spiro atoms. The zero-order valence-corrected chi connectivity index (χ0v) is 9.16. The number of pyridine rings is 1. The molecule has 9 heteroatoms. The van der Waals surface area contributed by atoms with E-state index in [1.165, 1.54) is 7.05 Å². The van der Waals surface area contributed by atoms with E-state index >= 15 is 0 Å². The molecule has 0 saturated carbocycles. The molecule has 1 aromatic rings. The largest absolute Gasteiger partial charge is 0.355 e. The minimum Gasteiger partial charge on any atom is -0.282 e. The number of aromatic nitrogens is 1. The smallest absolute Gasteiger partial charge is 0.282 e. The minimum atomic E-state index is -4.41. The topological polar surface area (TPSA) is 113 Å². The predicted molar refractivity (Wildman–Crippen MR) is 47.2 cm³/mol. The first-order chi connectivity index (χ1) is 6.62. The third kappa shape index (κ3) is 2.72. The van der Waals surface area contributed by atoms with E-state index in [9.17, 15) is 16.8 Å². The van der Waals surface area contributed by atoms with Crippen molar-refractivity contribution in [3.8, 4) is 0 Å². The van der Waals surface area contributed by atoms with Gasteiger partial charge in [-0.2, -0.15) is 21.4 Å². The van der Waals surface area contributed by atoms with Crippen molar-refractivity contribution in [3.05, 3.63) is 18.3 Å². The fourth-order valence-electron chi connectivity index (χ4n) is 0.989. The lowest BCUT2D eigenvalue weighted by molar-refractivity contribution is -0.712. The van der Waals surface area contributed by atoms with Crippen LogP contribution in [0.1, 0.15) is 0 Å². The monoisotopic (exact) mass is 254 g/mol. The number of hydrogen-bond acceptors (Lipinski definition) is 4. The fourth-order valence-corrected chi connectivity index (χ4v) is 2.18. The molecule has 0 atom stereocenters. The molecular formula is C6H8NO6S2+. The normalized spacial score (nSPS) is 12.7. The van der Waals surface area contributed by atoms with E-state index < -0.39 is 30.2 Å². The summed E-state index contributed by atoms with van der Waals surface area (Å²) in [6.45, 7) is 0. The second-order valence-electron chi connectivity index (χ2n) is 2.76. The Hall–Kier alpha value is -1.03. The second-order valence-corrected chi connectivity index (χ2v) is 5.55. The first kappa shape index (κ1) is 12.0. The first-order valence-corrected chi connectivity index (χ1v) is 6.45. The average molecular weight is 254 g/mol. The summed E-state index contributed by atoms with van der Waals surface area (Å²) in [5.74, 6) is 0. The standard InChI is InChI=1S/C6H7NO6S2/c1-7-4-5(14(8,9)10)2-3-6(7)15(11,12)13/h2-4H,1H3,(H-,8,9,10,11,12,13)/p+1. The molecule has 84 valence electrons. The predicted octanol–water partition coefficient (Wildman–Crippen LogP) is -0.995. The van der Waals surface area contributed by atoms with Crippen LogP contribution in [0.3, 0.4) is 0 Å². The Morgan fingerprint density at radius 2 is 1.60 bits per heavy atom. The quantitative estimate of drug-likeness (QED) is 0.517. The highest BCUT2D eigenvalue weighted by Crippen LogP contribution is 2.08. The number of rotatable bonds is 2. The van der Waals surface area contributed by atoms with E-state index in [-0.39, 0.29) is 0 Å². The Kier molecular flexibility index (Phi) is 2.83. The van der Waals surface area contributed by atoms with Gasteiger partial charge in [0.05, 0.1) is 0 Å². The van der Waals surface area contributed by atoms with Crippen molar-refractivity contribution in [2.24, 2.45) is 7.05 Å². The summed E-state index contributed by atoms with van der Waals surface area (Å²) in [6, 6.07) is 1.75. The van der Waals surface area contributed by atoms with Crippen LogP contribution in [-0.4, -0.2) is 25.9 Å². The van der Waals surface area contributed by atoms with Crippen molar-refractivity contribution in [1.82, 2.24) is 0 Å². The van der Waals surface area contributed by atoms with Crippen molar-refractivity contribution >= 4 is 20.2 Å². The van der Waals surface area contributed by atoms with Crippen LogP contribution in [0, 0.1) is 0 Å². The Balaban J connectivity index is 3.47. The molecule has 0 bridgehead atoms. The third-order valence-electron chi connectivity index (χ3n) is 1.62. The molecule has 1 heterocycles. The van der Waals surface area contributed by atoms with E-state index in [2.05, 4.69) is 0 Å². The van der Waals surface area contributed by atoms with E-state index in [4.69, 9.17) is 9.11 Å². The number of aryl methyl sites for hydroxylation is 1. The van der Waals surface area contributed by atoms with Crippen molar-refractivity contribution in [2.75, 3.05) is 0 Å². The molecule has 1 rings (SSSR count). The Morgan fingerprint density at radius 3 is 1.93 bits per heavy atom. The Labute approximate surface area is 86.5 Å². The van der Waals surface area contributed by atoms with Crippen molar-refractivity contribution < 1.29 is 30.5 Å². The van der Waals surface area contributed by atoms with Gasteiger partial charge in [0, 0.05) is 6.07 Å². The Morgan fingerprint density at radius 1 is 1.07 bits per heavy atom.